The van der Waals surface area contributed by atoms with Crippen LogP contribution < -0.4 is 5.32 Å². The van der Waals surface area contributed by atoms with E-state index in [0.717, 1.165) is 30.6 Å². The fourth-order valence-corrected chi connectivity index (χ4v) is 2.09. The van der Waals surface area contributed by atoms with Crippen LogP contribution in [0.5, 0.6) is 0 Å². The molecule has 0 aliphatic heterocycles. The van der Waals surface area contributed by atoms with Gasteiger partial charge in [0, 0.05) is 32.3 Å². The molecule has 1 aromatic carbocycles. The zero-order chi connectivity index (χ0) is 13.7. The van der Waals surface area contributed by atoms with Gasteiger partial charge in [-0.3, -0.25) is 4.68 Å². The van der Waals surface area contributed by atoms with Crippen molar-refractivity contribution in [1.29, 1.82) is 0 Å². The van der Waals surface area contributed by atoms with E-state index in [1.807, 2.05) is 36.1 Å². The number of nitrogens with zero attached hydrogens (tertiary/aromatic N) is 2. The zero-order valence-electron chi connectivity index (χ0n) is 11.4. The topological polar surface area (TPSA) is 29.9 Å². The Balaban J connectivity index is 1.72. The number of aromatic nitrogens is 2. The Kier molecular flexibility index (Phi) is 4.68. The molecule has 1 aromatic heterocycles. The Labute approximate surface area is 113 Å². The highest BCUT2D eigenvalue weighted by Crippen LogP contribution is 2.05. The van der Waals surface area contributed by atoms with E-state index in [1.54, 1.807) is 0 Å². The highest BCUT2D eigenvalue weighted by atomic mass is 19.1. The van der Waals surface area contributed by atoms with E-state index in [2.05, 4.69) is 17.3 Å². The summed E-state index contributed by atoms with van der Waals surface area (Å²) in [5.74, 6) is -0.181. The standard InChI is InChI=1S/C15H20FN3/c1-12(11-13-3-5-14(16)6-4-13)17-9-7-15-8-10-19(2)18-15/h3-6,8,10,12,17H,7,9,11H2,1-2H3. The van der Waals surface area contributed by atoms with Gasteiger partial charge in [-0.25, -0.2) is 4.39 Å². The molecule has 2 aromatic rings. The number of hydrogen-bond donors (Lipinski definition) is 1. The number of hydrogen-bond acceptors (Lipinski definition) is 2. The van der Waals surface area contributed by atoms with Gasteiger partial charge in [0.25, 0.3) is 0 Å². The van der Waals surface area contributed by atoms with Crippen LogP contribution in [0.4, 0.5) is 4.39 Å². The van der Waals surface area contributed by atoms with Crippen molar-refractivity contribution in [2.45, 2.75) is 25.8 Å². The van der Waals surface area contributed by atoms with Crippen LogP contribution in [-0.4, -0.2) is 22.4 Å². The molecule has 0 aliphatic carbocycles. The normalized spacial score (nSPS) is 12.6. The Morgan fingerprint density at radius 2 is 2.00 bits per heavy atom. The lowest BCUT2D eigenvalue weighted by atomic mass is 10.1. The van der Waals surface area contributed by atoms with Crippen molar-refractivity contribution in [3.63, 3.8) is 0 Å². The number of aryl methyl sites for hydroxylation is 1. The van der Waals surface area contributed by atoms with Gasteiger partial charge in [-0.05, 0) is 37.1 Å². The molecule has 0 saturated heterocycles. The van der Waals surface area contributed by atoms with Gasteiger partial charge in [-0.2, -0.15) is 5.10 Å². The lowest BCUT2D eigenvalue weighted by Crippen LogP contribution is -2.30. The molecule has 0 saturated carbocycles. The second-order valence-corrected chi connectivity index (χ2v) is 4.92. The first-order chi connectivity index (χ1) is 9.13. The molecule has 0 spiro atoms. The van der Waals surface area contributed by atoms with Crippen molar-refractivity contribution in [2.24, 2.45) is 7.05 Å². The molecule has 4 heteroatoms. The van der Waals surface area contributed by atoms with Gasteiger partial charge in [0.05, 0.1) is 5.69 Å². The van der Waals surface area contributed by atoms with Crippen molar-refractivity contribution in [2.75, 3.05) is 6.54 Å². The summed E-state index contributed by atoms with van der Waals surface area (Å²) in [5, 5.41) is 7.80. The fraction of sp³-hybridized carbons (Fsp3) is 0.400. The van der Waals surface area contributed by atoms with Crippen molar-refractivity contribution in [3.8, 4) is 0 Å². The lowest BCUT2D eigenvalue weighted by molar-refractivity contribution is 0.543. The molecule has 0 aliphatic rings. The van der Waals surface area contributed by atoms with Crippen molar-refractivity contribution in [1.82, 2.24) is 15.1 Å². The zero-order valence-corrected chi connectivity index (χ0v) is 11.4. The molecule has 0 fully saturated rings. The first-order valence-corrected chi connectivity index (χ1v) is 6.60. The van der Waals surface area contributed by atoms with E-state index in [9.17, 15) is 4.39 Å². The van der Waals surface area contributed by atoms with Crippen LogP contribution in [0.15, 0.2) is 36.5 Å². The Morgan fingerprint density at radius 1 is 1.26 bits per heavy atom. The van der Waals surface area contributed by atoms with E-state index in [-0.39, 0.29) is 5.82 Å². The highest BCUT2D eigenvalue weighted by Gasteiger charge is 2.04. The summed E-state index contributed by atoms with van der Waals surface area (Å²) in [6.07, 6.45) is 3.79. The summed E-state index contributed by atoms with van der Waals surface area (Å²) in [6, 6.07) is 9.10. The van der Waals surface area contributed by atoms with Crippen LogP contribution in [0.2, 0.25) is 0 Å². The van der Waals surface area contributed by atoms with Gasteiger partial charge in [-0.1, -0.05) is 12.1 Å². The van der Waals surface area contributed by atoms with Gasteiger partial charge in [0.2, 0.25) is 0 Å². The lowest BCUT2D eigenvalue weighted by Gasteiger charge is -2.13. The molecule has 1 atom stereocenters. The van der Waals surface area contributed by atoms with Crippen molar-refractivity contribution in [3.05, 3.63) is 53.6 Å². The van der Waals surface area contributed by atoms with Gasteiger partial charge >= 0.3 is 0 Å². The van der Waals surface area contributed by atoms with Crippen LogP contribution in [0.25, 0.3) is 0 Å². The van der Waals surface area contributed by atoms with Gasteiger partial charge in [0.15, 0.2) is 0 Å². The van der Waals surface area contributed by atoms with E-state index in [1.165, 1.54) is 12.1 Å². The third-order valence-corrected chi connectivity index (χ3v) is 3.10. The van der Waals surface area contributed by atoms with Gasteiger partial charge in [0.1, 0.15) is 5.82 Å². The molecule has 102 valence electrons. The monoisotopic (exact) mass is 261 g/mol. The molecule has 2 rings (SSSR count). The minimum atomic E-state index is -0.181. The SMILES string of the molecule is CC(Cc1ccc(F)cc1)NCCc1ccn(C)n1. The average molecular weight is 261 g/mol. The summed E-state index contributed by atoms with van der Waals surface area (Å²) >= 11 is 0. The summed E-state index contributed by atoms with van der Waals surface area (Å²) in [7, 11) is 1.92. The molecule has 0 bridgehead atoms. The quantitative estimate of drug-likeness (QED) is 0.865. The molecule has 1 unspecified atom stereocenters. The second kappa shape index (κ2) is 6.48. The third-order valence-electron chi connectivity index (χ3n) is 3.10. The van der Waals surface area contributed by atoms with Crippen LogP contribution in [0.3, 0.4) is 0 Å². The number of halogens is 1. The van der Waals surface area contributed by atoms with Gasteiger partial charge in [-0.15, -0.1) is 0 Å². The predicted octanol–water partition coefficient (Wildman–Crippen LogP) is 2.32. The first-order valence-electron chi connectivity index (χ1n) is 6.60. The Hall–Kier alpha value is -1.68. The van der Waals surface area contributed by atoms with Crippen LogP contribution in [0.1, 0.15) is 18.2 Å². The van der Waals surface area contributed by atoms with Crippen molar-refractivity contribution < 1.29 is 4.39 Å². The largest absolute Gasteiger partial charge is 0.314 e. The van der Waals surface area contributed by atoms with E-state index in [0.29, 0.717) is 6.04 Å². The molecule has 0 amide bonds. The molecule has 0 radical (unpaired) electrons. The number of rotatable bonds is 6. The average Bonchev–Trinajstić information content (AvgIpc) is 2.78. The molecule has 19 heavy (non-hydrogen) atoms. The van der Waals surface area contributed by atoms with E-state index >= 15 is 0 Å². The predicted molar refractivity (Wildman–Crippen MR) is 74.5 cm³/mol. The summed E-state index contributed by atoms with van der Waals surface area (Å²) in [5.41, 5.74) is 2.25. The van der Waals surface area contributed by atoms with E-state index < -0.39 is 0 Å². The summed E-state index contributed by atoms with van der Waals surface area (Å²) in [4.78, 5) is 0. The number of benzene rings is 1. The van der Waals surface area contributed by atoms with Gasteiger partial charge < -0.3 is 5.32 Å². The van der Waals surface area contributed by atoms with Crippen molar-refractivity contribution >= 4 is 0 Å². The number of nitrogens with one attached hydrogen (secondary N) is 1. The minimum absolute atomic E-state index is 0.181. The maximum Gasteiger partial charge on any atom is 0.123 e. The molecule has 1 N–H and O–H groups in total. The van der Waals surface area contributed by atoms with Crippen LogP contribution in [-0.2, 0) is 19.9 Å². The smallest absolute Gasteiger partial charge is 0.123 e. The Morgan fingerprint density at radius 3 is 2.63 bits per heavy atom. The highest BCUT2D eigenvalue weighted by molar-refractivity contribution is 5.17. The Bertz CT molecular complexity index is 504. The maximum atomic E-state index is 12.8. The third kappa shape index (κ3) is 4.48. The maximum absolute atomic E-state index is 12.8. The fourth-order valence-electron chi connectivity index (χ4n) is 2.09. The molecule has 1 heterocycles. The minimum Gasteiger partial charge on any atom is -0.314 e. The molecule has 3 nitrogen and oxygen atoms in total. The second-order valence-electron chi connectivity index (χ2n) is 4.92. The van der Waals surface area contributed by atoms with Crippen LogP contribution in [0, 0.1) is 5.82 Å². The molecular weight excluding hydrogens is 241 g/mol. The summed E-state index contributed by atoms with van der Waals surface area (Å²) in [6.45, 7) is 3.04. The first kappa shape index (κ1) is 13.7. The molecular formula is C15H20FN3. The van der Waals surface area contributed by atoms with E-state index in [4.69, 9.17) is 0 Å². The summed E-state index contributed by atoms with van der Waals surface area (Å²) < 4.78 is 14.6. The van der Waals surface area contributed by atoms with Crippen LogP contribution >= 0.6 is 0 Å².